The second-order valence-corrected chi connectivity index (χ2v) is 13.9. The number of nitrogens with zero attached hydrogens (tertiary/aromatic N) is 1. The van der Waals surface area contributed by atoms with Crippen molar-refractivity contribution in [2.45, 2.75) is 19.3 Å². The Bertz CT molecular complexity index is 2550. The van der Waals surface area contributed by atoms with Gasteiger partial charge < -0.3 is 0 Å². The molecule has 49 heavy (non-hydrogen) atoms. The monoisotopic (exact) mass is 621 g/mol. The zero-order valence-electron chi connectivity index (χ0n) is 27.2. The molecule has 1 aromatic heterocycles. The molecule has 228 valence electrons. The third-order valence-electron chi connectivity index (χ3n) is 11.2. The molecule has 1 nitrogen and oxygen atoms in total. The molecule has 0 amide bonds. The molecule has 0 fully saturated rings. The molecule has 0 saturated heterocycles. The van der Waals surface area contributed by atoms with Gasteiger partial charge >= 0.3 is 0 Å². The maximum absolute atomic E-state index is 5.07. The Balaban J connectivity index is 1.17. The maximum Gasteiger partial charge on any atom is 0.0705 e. The van der Waals surface area contributed by atoms with Crippen LogP contribution in [0.25, 0.3) is 106 Å². The Labute approximate surface area is 285 Å². The number of fused-ring (bicyclic) bond motifs is 7. The zero-order valence-corrected chi connectivity index (χ0v) is 27.2. The van der Waals surface area contributed by atoms with Crippen molar-refractivity contribution in [3.05, 3.63) is 157 Å². The molecule has 1 heteroatoms. The number of hydrogen-bond acceptors (Lipinski definition) is 1. The van der Waals surface area contributed by atoms with E-state index in [-0.39, 0.29) is 0 Å². The zero-order chi connectivity index (χ0) is 32.2. The first kappa shape index (κ1) is 27.0. The van der Waals surface area contributed by atoms with Gasteiger partial charge in [-0.25, -0.2) is 0 Å². The van der Waals surface area contributed by atoms with E-state index in [0.29, 0.717) is 5.92 Å². The second kappa shape index (κ2) is 9.98. The van der Waals surface area contributed by atoms with Crippen LogP contribution in [-0.4, -0.2) is 4.98 Å². The molecule has 1 heterocycles. The third-order valence-corrected chi connectivity index (χ3v) is 11.2. The quantitative estimate of drug-likeness (QED) is 0.191. The molecule has 0 N–H and O–H groups in total. The Hall–Kier alpha value is -6.05. The lowest BCUT2D eigenvalue weighted by atomic mass is 9.87. The van der Waals surface area contributed by atoms with Crippen LogP contribution in [0.5, 0.6) is 0 Å². The first-order valence-corrected chi connectivity index (χ1v) is 17.3. The van der Waals surface area contributed by atoms with Crippen molar-refractivity contribution in [2.24, 2.45) is 0 Å². The molecule has 0 radical (unpaired) electrons. The van der Waals surface area contributed by atoms with Gasteiger partial charge in [-0.15, -0.1) is 0 Å². The minimum absolute atomic E-state index is 0.473. The van der Waals surface area contributed by atoms with Crippen LogP contribution < -0.4 is 0 Å². The lowest BCUT2D eigenvalue weighted by Crippen LogP contribution is -2.01. The van der Waals surface area contributed by atoms with E-state index in [9.17, 15) is 0 Å². The Morgan fingerprint density at radius 2 is 0.939 bits per heavy atom. The van der Waals surface area contributed by atoms with Crippen LogP contribution in [-0.2, 0) is 0 Å². The molecule has 3 aliphatic carbocycles. The van der Waals surface area contributed by atoms with Crippen LogP contribution in [0.2, 0.25) is 0 Å². The molecule has 7 aromatic carbocycles. The molecular weight excluding hydrogens is 591 g/mol. The predicted octanol–water partition coefficient (Wildman–Crippen LogP) is 13.2. The molecule has 1 unspecified atom stereocenters. The lowest BCUT2D eigenvalue weighted by Gasteiger charge is -2.19. The van der Waals surface area contributed by atoms with Gasteiger partial charge in [-0.05, 0) is 136 Å². The van der Waals surface area contributed by atoms with Gasteiger partial charge in [-0.1, -0.05) is 128 Å². The van der Waals surface area contributed by atoms with Crippen LogP contribution in [0.4, 0.5) is 0 Å². The van der Waals surface area contributed by atoms with Crippen LogP contribution >= 0.6 is 0 Å². The van der Waals surface area contributed by atoms with Gasteiger partial charge in [0.1, 0.15) is 0 Å². The van der Waals surface area contributed by atoms with E-state index in [1.165, 1.54) is 99.4 Å². The van der Waals surface area contributed by atoms with Crippen molar-refractivity contribution in [3.8, 4) is 78.0 Å². The standard InChI is InChI=1S/C48H31N/c1-28-9-6-10-29-27-49-46(26-45(28)29)32-24-30(33-19-21-43-37-13-4-2-11-35(37)41-17-7-15-39(33)47(41)43)23-31(25-32)34-20-22-44-38-14-5-3-12-36(38)42-18-8-16-40(34)48(42)44/h2-8,10-28H,9H2,1H3. The Kier molecular flexibility index (Phi) is 5.49. The highest BCUT2D eigenvalue weighted by Crippen LogP contribution is 2.52. The summed E-state index contributed by atoms with van der Waals surface area (Å²) in [6.07, 6.45) is 7.63. The number of hydrogen-bond donors (Lipinski definition) is 0. The normalized spacial score (nSPS) is 14.7. The number of pyridine rings is 1. The largest absolute Gasteiger partial charge is 0.256 e. The van der Waals surface area contributed by atoms with Crippen LogP contribution in [0.3, 0.4) is 0 Å². The molecule has 0 bridgehead atoms. The van der Waals surface area contributed by atoms with Crippen molar-refractivity contribution >= 4 is 27.6 Å². The summed E-state index contributed by atoms with van der Waals surface area (Å²) in [6, 6.07) is 50.1. The highest BCUT2D eigenvalue weighted by molar-refractivity contribution is 6.20. The van der Waals surface area contributed by atoms with Crippen LogP contribution in [0.15, 0.2) is 146 Å². The van der Waals surface area contributed by atoms with Crippen molar-refractivity contribution in [3.63, 3.8) is 0 Å². The van der Waals surface area contributed by atoms with E-state index in [1.807, 2.05) is 0 Å². The Morgan fingerprint density at radius 1 is 0.469 bits per heavy atom. The average molecular weight is 622 g/mol. The van der Waals surface area contributed by atoms with Gasteiger partial charge in [0.2, 0.25) is 0 Å². The summed E-state index contributed by atoms with van der Waals surface area (Å²) in [5.41, 5.74) is 20.3. The van der Waals surface area contributed by atoms with E-state index in [4.69, 9.17) is 4.98 Å². The SMILES string of the molecule is CC1CC=Cc2cnc(-c3cc(-c4ccc5c6c(cccc46)-c4ccccc4-5)cc(-c4ccc5c6c(cccc46)-c4ccccc4-5)c3)cc21. The fraction of sp³-hybridized carbons (Fsp3) is 0.0625. The van der Waals surface area contributed by atoms with Crippen LogP contribution in [0.1, 0.15) is 30.4 Å². The minimum Gasteiger partial charge on any atom is -0.256 e. The number of allylic oxidation sites excluding steroid dienone is 1. The summed E-state index contributed by atoms with van der Waals surface area (Å²) in [6.45, 7) is 2.32. The van der Waals surface area contributed by atoms with Gasteiger partial charge in [0.05, 0.1) is 5.69 Å². The van der Waals surface area contributed by atoms with E-state index in [1.54, 1.807) is 0 Å². The third kappa shape index (κ3) is 3.79. The summed E-state index contributed by atoms with van der Waals surface area (Å²) >= 11 is 0. The first-order valence-electron chi connectivity index (χ1n) is 17.3. The van der Waals surface area contributed by atoms with Crippen LogP contribution in [0, 0.1) is 0 Å². The topological polar surface area (TPSA) is 12.9 Å². The first-order chi connectivity index (χ1) is 24.2. The fourth-order valence-corrected chi connectivity index (χ4v) is 8.94. The summed E-state index contributed by atoms with van der Waals surface area (Å²) in [4.78, 5) is 5.07. The molecular formula is C48H31N. The van der Waals surface area contributed by atoms with Crippen molar-refractivity contribution in [1.82, 2.24) is 4.98 Å². The average Bonchev–Trinajstić information content (AvgIpc) is 3.67. The molecule has 3 aliphatic rings. The summed E-state index contributed by atoms with van der Waals surface area (Å²) in [5.74, 6) is 0.473. The predicted molar refractivity (Wildman–Crippen MR) is 206 cm³/mol. The smallest absolute Gasteiger partial charge is 0.0705 e. The second-order valence-electron chi connectivity index (χ2n) is 13.9. The fourth-order valence-electron chi connectivity index (χ4n) is 8.94. The van der Waals surface area contributed by atoms with E-state index in [0.717, 1.165) is 17.7 Å². The van der Waals surface area contributed by atoms with Gasteiger partial charge in [0.25, 0.3) is 0 Å². The van der Waals surface area contributed by atoms with E-state index in [2.05, 4.69) is 159 Å². The lowest BCUT2D eigenvalue weighted by molar-refractivity contribution is 0.769. The number of aromatic nitrogens is 1. The van der Waals surface area contributed by atoms with Gasteiger partial charge in [0.15, 0.2) is 0 Å². The van der Waals surface area contributed by atoms with Crippen molar-refractivity contribution in [1.29, 1.82) is 0 Å². The van der Waals surface area contributed by atoms with Gasteiger partial charge in [0, 0.05) is 11.8 Å². The highest BCUT2D eigenvalue weighted by Gasteiger charge is 2.25. The number of rotatable bonds is 3. The van der Waals surface area contributed by atoms with Crippen molar-refractivity contribution in [2.75, 3.05) is 0 Å². The van der Waals surface area contributed by atoms with Crippen molar-refractivity contribution < 1.29 is 0 Å². The maximum atomic E-state index is 5.07. The minimum atomic E-state index is 0.473. The van der Waals surface area contributed by atoms with E-state index < -0.39 is 0 Å². The molecule has 0 aliphatic heterocycles. The summed E-state index contributed by atoms with van der Waals surface area (Å²) in [5, 5.41) is 5.29. The molecule has 0 spiro atoms. The summed E-state index contributed by atoms with van der Waals surface area (Å²) in [7, 11) is 0. The highest BCUT2D eigenvalue weighted by atomic mass is 14.7. The molecule has 1 atom stereocenters. The number of benzene rings is 7. The Morgan fingerprint density at radius 3 is 1.49 bits per heavy atom. The molecule has 0 saturated carbocycles. The van der Waals surface area contributed by atoms with E-state index >= 15 is 0 Å². The van der Waals surface area contributed by atoms with Gasteiger partial charge in [-0.3, -0.25) is 4.98 Å². The molecule has 8 aromatic rings. The molecule has 11 rings (SSSR count). The van der Waals surface area contributed by atoms with Gasteiger partial charge in [-0.2, -0.15) is 0 Å². The summed E-state index contributed by atoms with van der Waals surface area (Å²) < 4.78 is 0.